The maximum Gasteiger partial charge on any atom is 0.138 e. The first-order valence-electron chi connectivity index (χ1n) is 6.78. The smallest absolute Gasteiger partial charge is 0.138 e. The van der Waals surface area contributed by atoms with Crippen molar-refractivity contribution in [1.82, 2.24) is 19.8 Å². The van der Waals surface area contributed by atoms with Gasteiger partial charge in [0.2, 0.25) is 0 Å². The Morgan fingerprint density at radius 3 is 2.84 bits per heavy atom. The van der Waals surface area contributed by atoms with E-state index in [1.165, 1.54) is 11.1 Å². The summed E-state index contributed by atoms with van der Waals surface area (Å²) in [5.41, 5.74) is 3.47. The maximum absolute atomic E-state index is 5.23. The van der Waals surface area contributed by atoms with E-state index in [1.807, 2.05) is 20.0 Å². The van der Waals surface area contributed by atoms with Crippen molar-refractivity contribution in [3.05, 3.63) is 35.0 Å². The van der Waals surface area contributed by atoms with Gasteiger partial charge in [0.05, 0.1) is 17.9 Å². The molecule has 0 amide bonds. The lowest BCUT2D eigenvalue weighted by atomic mass is 10.2. The van der Waals surface area contributed by atoms with Gasteiger partial charge in [0.25, 0.3) is 0 Å². The molecule has 2 aromatic heterocycles. The molecule has 1 fully saturated rings. The number of rotatable bonds is 3. The van der Waals surface area contributed by atoms with E-state index in [1.54, 1.807) is 0 Å². The summed E-state index contributed by atoms with van der Waals surface area (Å²) >= 11 is 0. The number of hydrogen-bond donors (Lipinski definition) is 0. The molecular formula is C14H20N4O. The highest BCUT2D eigenvalue weighted by molar-refractivity contribution is 5.20. The molecule has 3 rings (SSSR count). The molecule has 0 spiro atoms. The van der Waals surface area contributed by atoms with Gasteiger partial charge in [0, 0.05) is 31.4 Å². The van der Waals surface area contributed by atoms with Crippen LogP contribution in [0.5, 0.6) is 0 Å². The van der Waals surface area contributed by atoms with Crippen LogP contribution in [0.2, 0.25) is 0 Å². The van der Waals surface area contributed by atoms with Gasteiger partial charge in [-0.25, -0.2) is 0 Å². The SMILES string of the molecule is Cc1cnn(C2CCN(Cc3c(C)noc3C)C2)c1. The van der Waals surface area contributed by atoms with Crippen LogP contribution in [-0.2, 0) is 6.54 Å². The molecule has 0 radical (unpaired) electrons. The van der Waals surface area contributed by atoms with Crippen LogP contribution >= 0.6 is 0 Å². The minimum absolute atomic E-state index is 0.495. The van der Waals surface area contributed by atoms with E-state index in [9.17, 15) is 0 Å². The van der Waals surface area contributed by atoms with Crippen molar-refractivity contribution in [3.8, 4) is 0 Å². The van der Waals surface area contributed by atoms with Gasteiger partial charge >= 0.3 is 0 Å². The van der Waals surface area contributed by atoms with Gasteiger partial charge < -0.3 is 4.52 Å². The molecule has 5 nitrogen and oxygen atoms in total. The molecule has 0 aromatic carbocycles. The monoisotopic (exact) mass is 260 g/mol. The number of aromatic nitrogens is 3. The van der Waals surface area contributed by atoms with Crippen LogP contribution in [0, 0.1) is 20.8 Å². The zero-order valence-electron chi connectivity index (χ0n) is 11.8. The summed E-state index contributed by atoms with van der Waals surface area (Å²) in [4.78, 5) is 2.45. The van der Waals surface area contributed by atoms with Crippen molar-refractivity contribution in [2.24, 2.45) is 0 Å². The topological polar surface area (TPSA) is 47.1 Å². The molecule has 1 unspecified atom stereocenters. The Morgan fingerprint density at radius 1 is 1.37 bits per heavy atom. The Bertz CT molecular complexity index is 552. The van der Waals surface area contributed by atoms with E-state index in [0.717, 1.165) is 37.5 Å². The lowest BCUT2D eigenvalue weighted by molar-refractivity contribution is 0.308. The molecule has 1 aliphatic heterocycles. The van der Waals surface area contributed by atoms with Crippen molar-refractivity contribution in [3.63, 3.8) is 0 Å². The molecule has 2 aromatic rings. The molecule has 5 heteroatoms. The Labute approximate surface area is 113 Å². The van der Waals surface area contributed by atoms with Crippen LogP contribution in [0.25, 0.3) is 0 Å². The summed E-state index contributed by atoms with van der Waals surface area (Å²) in [6, 6.07) is 0.495. The van der Waals surface area contributed by atoms with E-state index in [4.69, 9.17) is 4.52 Å². The second-order valence-corrected chi connectivity index (χ2v) is 5.48. The molecular weight excluding hydrogens is 240 g/mol. The van der Waals surface area contributed by atoms with Crippen LogP contribution in [-0.4, -0.2) is 32.9 Å². The van der Waals surface area contributed by atoms with Gasteiger partial charge in [-0.1, -0.05) is 5.16 Å². The predicted molar refractivity (Wildman–Crippen MR) is 71.9 cm³/mol. The highest BCUT2D eigenvalue weighted by atomic mass is 16.5. The second-order valence-electron chi connectivity index (χ2n) is 5.48. The van der Waals surface area contributed by atoms with Crippen LogP contribution in [0.1, 0.15) is 35.0 Å². The van der Waals surface area contributed by atoms with Gasteiger partial charge in [-0.05, 0) is 32.8 Å². The standard InChI is InChI=1S/C14H20N4O/c1-10-6-15-18(7-10)13-4-5-17(8-13)9-14-11(2)16-19-12(14)3/h6-7,13H,4-5,8-9H2,1-3H3. The summed E-state index contributed by atoms with van der Waals surface area (Å²) in [6.45, 7) is 9.16. The molecule has 1 saturated heterocycles. The van der Waals surface area contributed by atoms with Crippen LogP contribution in [0.4, 0.5) is 0 Å². The molecule has 1 atom stereocenters. The summed E-state index contributed by atoms with van der Waals surface area (Å²) in [7, 11) is 0. The van der Waals surface area contributed by atoms with E-state index in [-0.39, 0.29) is 0 Å². The molecule has 19 heavy (non-hydrogen) atoms. The quantitative estimate of drug-likeness (QED) is 0.849. The predicted octanol–water partition coefficient (Wildman–Crippen LogP) is 2.24. The Morgan fingerprint density at radius 2 is 2.21 bits per heavy atom. The van der Waals surface area contributed by atoms with Crippen molar-refractivity contribution in [1.29, 1.82) is 0 Å². The second kappa shape index (κ2) is 4.81. The summed E-state index contributed by atoms with van der Waals surface area (Å²) in [6.07, 6.45) is 5.21. The highest BCUT2D eigenvalue weighted by Gasteiger charge is 2.25. The van der Waals surface area contributed by atoms with Crippen molar-refractivity contribution in [2.75, 3.05) is 13.1 Å². The van der Waals surface area contributed by atoms with E-state index >= 15 is 0 Å². The third kappa shape index (κ3) is 2.42. The molecule has 0 N–H and O–H groups in total. The number of nitrogens with zero attached hydrogens (tertiary/aromatic N) is 4. The zero-order chi connectivity index (χ0) is 13.4. The Kier molecular flexibility index (Phi) is 3.14. The van der Waals surface area contributed by atoms with Gasteiger partial charge in [-0.2, -0.15) is 5.10 Å². The maximum atomic E-state index is 5.23. The van der Waals surface area contributed by atoms with Crippen molar-refractivity contribution < 1.29 is 4.52 Å². The fraction of sp³-hybridized carbons (Fsp3) is 0.571. The van der Waals surface area contributed by atoms with Gasteiger partial charge in [0.1, 0.15) is 5.76 Å². The molecule has 3 heterocycles. The average Bonchev–Trinajstić information content (AvgIpc) is 3.06. The first kappa shape index (κ1) is 12.4. The Hall–Kier alpha value is -1.62. The normalized spacial score (nSPS) is 20.3. The number of aryl methyl sites for hydroxylation is 3. The van der Waals surface area contributed by atoms with Crippen LogP contribution < -0.4 is 0 Å². The molecule has 1 aliphatic rings. The van der Waals surface area contributed by atoms with Crippen molar-refractivity contribution in [2.45, 2.75) is 39.8 Å². The highest BCUT2D eigenvalue weighted by Crippen LogP contribution is 2.24. The molecule has 0 bridgehead atoms. The lowest BCUT2D eigenvalue weighted by Gasteiger charge is -2.15. The van der Waals surface area contributed by atoms with Gasteiger partial charge in [-0.15, -0.1) is 0 Å². The zero-order valence-corrected chi connectivity index (χ0v) is 11.8. The minimum Gasteiger partial charge on any atom is -0.361 e. The first-order valence-corrected chi connectivity index (χ1v) is 6.78. The Balaban J connectivity index is 1.66. The first-order chi connectivity index (χ1) is 9.13. The van der Waals surface area contributed by atoms with Gasteiger partial charge in [0.15, 0.2) is 0 Å². The third-order valence-corrected chi connectivity index (χ3v) is 3.92. The minimum atomic E-state index is 0.495. The molecule has 0 saturated carbocycles. The third-order valence-electron chi connectivity index (χ3n) is 3.92. The van der Waals surface area contributed by atoms with Crippen LogP contribution in [0.15, 0.2) is 16.9 Å². The summed E-state index contributed by atoms with van der Waals surface area (Å²) in [5, 5.41) is 8.44. The van der Waals surface area contributed by atoms with E-state index in [2.05, 4.69) is 33.0 Å². The van der Waals surface area contributed by atoms with E-state index < -0.39 is 0 Å². The molecule has 0 aliphatic carbocycles. The largest absolute Gasteiger partial charge is 0.361 e. The van der Waals surface area contributed by atoms with E-state index in [0.29, 0.717) is 6.04 Å². The number of likely N-dealkylation sites (tertiary alicyclic amines) is 1. The van der Waals surface area contributed by atoms with Crippen molar-refractivity contribution >= 4 is 0 Å². The fourth-order valence-corrected chi connectivity index (χ4v) is 2.76. The number of hydrogen-bond acceptors (Lipinski definition) is 4. The van der Waals surface area contributed by atoms with Gasteiger partial charge in [-0.3, -0.25) is 9.58 Å². The van der Waals surface area contributed by atoms with Crippen LogP contribution in [0.3, 0.4) is 0 Å². The summed E-state index contributed by atoms with van der Waals surface area (Å²) < 4.78 is 7.33. The molecule has 102 valence electrons. The summed E-state index contributed by atoms with van der Waals surface area (Å²) in [5.74, 6) is 0.941. The average molecular weight is 260 g/mol. The fourth-order valence-electron chi connectivity index (χ4n) is 2.76. The lowest BCUT2D eigenvalue weighted by Crippen LogP contribution is -2.22.